The zero-order valence-electron chi connectivity index (χ0n) is 10.2. The molecule has 0 radical (unpaired) electrons. The zero-order chi connectivity index (χ0) is 12.2. The van der Waals surface area contributed by atoms with E-state index in [4.69, 9.17) is 0 Å². The molecule has 3 rings (SSSR count). The van der Waals surface area contributed by atoms with Gasteiger partial charge < -0.3 is 10.0 Å². The lowest BCUT2D eigenvalue weighted by Crippen LogP contribution is -2.51. The molecule has 3 aliphatic rings. The molecule has 0 bridgehead atoms. The molecule has 1 saturated heterocycles. The molecule has 1 amide bonds. The molecule has 2 aliphatic carbocycles. The van der Waals surface area contributed by atoms with E-state index in [9.17, 15) is 14.7 Å². The SMILES string of the molecule is CC1(C(=O)O)CCCN1C(=O)C1CC1C1CC1. The van der Waals surface area contributed by atoms with Crippen molar-refractivity contribution in [2.24, 2.45) is 17.8 Å². The van der Waals surface area contributed by atoms with E-state index in [1.165, 1.54) is 12.8 Å². The Hall–Kier alpha value is -1.06. The average molecular weight is 237 g/mol. The molecule has 17 heavy (non-hydrogen) atoms. The van der Waals surface area contributed by atoms with Crippen molar-refractivity contribution in [2.75, 3.05) is 6.54 Å². The van der Waals surface area contributed by atoms with Crippen LogP contribution >= 0.6 is 0 Å². The summed E-state index contributed by atoms with van der Waals surface area (Å²) in [5.41, 5.74) is -0.951. The summed E-state index contributed by atoms with van der Waals surface area (Å²) in [6, 6.07) is 0. The number of carbonyl (C=O) groups is 2. The third-order valence-electron chi connectivity index (χ3n) is 4.75. The first kappa shape index (κ1) is 11.1. The van der Waals surface area contributed by atoms with Crippen molar-refractivity contribution in [1.29, 1.82) is 0 Å². The first-order valence-corrected chi connectivity index (χ1v) is 6.59. The molecule has 1 N–H and O–H groups in total. The Bertz CT molecular complexity index is 377. The number of likely N-dealkylation sites (tertiary alicyclic amines) is 1. The number of hydrogen-bond acceptors (Lipinski definition) is 2. The molecular weight excluding hydrogens is 218 g/mol. The number of hydrogen-bond donors (Lipinski definition) is 1. The van der Waals surface area contributed by atoms with Crippen LogP contribution in [0.25, 0.3) is 0 Å². The summed E-state index contributed by atoms with van der Waals surface area (Å²) in [4.78, 5) is 25.3. The first-order chi connectivity index (χ1) is 8.04. The van der Waals surface area contributed by atoms with Gasteiger partial charge in [0.05, 0.1) is 0 Å². The van der Waals surface area contributed by atoms with E-state index in [2.05, 4.69) is 0 Å². The molecule has 0 spiro atoms. The van der Waals surface area contributed by atoms with Crippen LogP contribution in [0.4, 0.5) is 0 Å². The minimum Gasteiger partial charge on any atom is -0.480 e. The zero-order valence-corrected chi connectivity index (χ0v) is 10.2. The number of carboxylic acid groups (broad SMARTS) is 1. The summed E-state index contributed by atoms with van der Waals surface area (Å²) < 4.78 is 0. The number of aliphatic carboxylic acids is 1. The van der Waals surface area contributed by atoms with Crippen LogP contribution in [0.5, 0.6) is 0 Å². The van der Waals surface area contributed by atoms with Crippen LogP contribution in [0.15, 0.2) is 0 Å². The van der Waals surface area contributed by atoms with Gasteiger partial charge in [-0.1, -0.05) is 0 Å². The number of amides is 1. The Morgan fingerprint density at radius 1 is 1.35 bits per heavy atom. The van der Waals surface area contributed by atoms with E-state index < -0.39 is 11.5 Å². The Morgan fingerprint density at radius 2 is 2.06 bits per heavy atom. The van der Waals surface area contributed by atoms with Gasteiger partial charge >= 0.3 is 5.97 Å². The maximum Gasteiger partial charge on any atom is 0.329 e. The fourth-order valence-electron chi connectivity index (χ4n) is 3.28. The minimum absolute atomic E-state index is 0.101. The highest BCUT2D eigenvalue weighted by molar-refractivity contribution is 5.89. The molecule has 0 aromatic heterocycles. The molecule has 3 atom stereocenters. The maximum atomic E-state index is 12.3. The highest BCUT2D eigenvalue weighted by Gasteiger charge is 2.56. The monoisotopic (exact) mass is 237 g/mol. The molecule has 3 unspecified atom stereocenters. The van der Waals surface area contributed by atoms with Gasteiger partial charge in [-0.3, -0.25) is 4.79 Å². The number of carbonyl (C=O) groups excluding carboxylic acids is 1. The summed E-state index contributed by atoms with van der Waals surface area (Å²) in [5, 5.41) is 9.29. The lowest BCUT2D eigenvalue weighted by Gasteiger charge is -2.31. The number of nitrogens with zero attached hydrogens (tertiary/aromatic N) is 1. The van der Waals surface area contributed by atoms with Gasteiger partial charge in [-0.15, -0.1) is 0 Å². The minimum atomic E-state index is -0.951. The Labute approximate surface area is 101 Å². The van der Waals surface area contributed by atoms with Crippen molar-refractivity contribution in [3.63, 3.8) is 0 Å². The van der Waals surface area contributed by atoms with Gasteiger partial charge in [0, 0.05) is 12.5 Å². The molecule has 1 aliphatic heterocycles. The van der Waals surface area contributed by atoms with Crippen molar-refractivity contribution in [3.05, 3.63) is 0 Å². The maximum absolute atomic E-state index is 12.3. The second kappa shape index (κ2) is 3.47. The highest BCUT2D eigenvalue weighted by atomic mass is 16.4. The van der Waals surface area contributed by atoms with Crippen molar-refractivity contribution in [3.8, 4) is 0 Å². The molecule has 4 nitrogen and oxygen atoms in total. The van der Waals surface area contributed by atoms with E-state index >= 15 is 0 Å². The Balaban J connectivity index is 1.71. The molecule has 4 heteroatoms. The first-order valence-electron chi connectivity index (χ1n) is 6.59. The van der Waals surface area contributed by atoms with E-state index in [0.29, 0.717) is 18.9 Å². The molecule has 3 fully saturated rings. The van der Waals surface area contributed by atoms with Crippen LogP contribution < -0.4 is 0 Å². The van der Waals surface area contributed by atoms with E-state index in [-0.39, 0.29) is 11.8 Å². The lowest BCUT2D eigenvalue weighted by atomic mass is 9.99. The smallest absolute Gasteiger partial charge is 0.329 e. The largest absolute Gasteiger partial charge is 0.480 e. The molecule has 0 aromatic carbocycles. The Kier molecular flexibility index (Phi) is 2.25. The second-order valence-corrected chi connectivity index (χ2v) is 6.02. The molecule has 0 aromatic rings. The van der Waals surface area contributed by atoms with Crippen molar-refractivity contribution < 1.29 is 14.7 Å². The molecular formula is C13H19NO3. The van der Waals surface area contributed by atoms with Crippen LogP contribution in [0.2, 0.25) is 0 Å². The van der Waals surface area contributed by atoms with Crippen LogP contribution in [0, 0.1) is 17.8 Å². The molecule has 1 heterocycles. The Morgan fingerprint density at radius 3 is 2.65 bits per heavy atom. The third-order valence-corrected chi connectivity index (χ3v) is 4.75. The topological polar surface area (TPSA) is 57.6 Å². The van der Waals surface area contributed by atoms with Crippen LogP contribution in [0.3, 0.4) is 0 Å². The quantitative estimate of drug-likeness (QED) is 0.809. The van der Waals surface area contributed by atoms with E-state index in [0.717, 1.165) is 18.8 Å². The average Bonchev–Trinajstić information content (AvgIpc) is 3.13. The number of rotatable bonds is 3. The van der Waals surface area contributed by atoms with Gasteiger partial charge in [-0.25, -0.2) is 4.79 Å². The van der Waals surface area contributed by atoms with E-state index in [1.54, 1.807) is 11.8 Å². The number of carboxylic acids is 1. The summed E-state index contributed by atoms with van der Waals surface area (Å²) in [7, 11) is 0. The van der Waals surface area contributed by atoms with Gasteiger partial charge in [-0.05, 0) is 50.9 Å². The van der Waals surface area contributed by atoms with E-state index in [1.807, 2.05) is 0 Å². The van der Waals surface area contributed by atoms with Crippen molar-refractivity contribution >= 4 is 11.9 Å². The van der Waals surface area contributed by atoms with Gasteiger partial charge in [0.2, 0.25) is 5.91 Å². The van der Waals surface area contributed by atoms with Crippen LogP contribution in [-0.4, -0.2) is 34.0 Å². The summed E-state index contributed by atoms with van der Waals surface area (Å²) >= 11 is 0. The fourth-order valence-corrected chi connectivity index (χ4v) is 3.28. The second-order valence-electron chi connectivity index (χ2n) is 6.02. The highest BCUT2D eigenvalue weighted by Crippen LogP contribution is 2.55. The van der Waals surface area contributed by atoms with Crippen LogP contribution in [-0.2, 0) is 9.59 Å². The molecule has 94 valence electrons. The normalized spacial score (nSPS) is 40.4. The van der Waals surface area contributed by atoms with Gasteiger partial charge in [0.15, 0.2) is 0 Å². The van der Waals surface area contributed by atoms with Gasteiger partial charge in [-0.2, -0.15) is 0 Å². The van der Waals surface area contributed by atoms with Gasteiger partial charge in [0.1, 0.15) is 5.54 Å². The summed E-state index contributed by atoms with van der Waals surface area (Å²) in [5.74, 6) is 0.722. The molecule has 2 saturated carbocycles. The third kappa shape index (κ3) is 1.65. The lowest BCUT2D eigenvalue weighted by molar-refractivity contribution is -0.156. The van der Waals surface area contributed by atoms with Gasteiger partial charge in [0.25, 0.3) is 0 Å². The van der Waals surface area contributed by atoms with Crippen molar-refractivity contribution in [2.45, 2.75) is 44.6 Å². The summed E-state index contributed by atoms with van der Waals surface area (Å²) in [6.45, 7) is 2.31. The standard InChI is InChI=1S/C13H19NO3/c1-13(12(16)17)5-2-6-14(13)11(15)10-7-9(10)8-3-4-8/h8-10H,2-7H2,1H3,(H,16,17). The summed E-state index contributed by atoms with van der Waals surface area (Å²) in [6.07, 6.45) is 4.94. The van der Waals surface area contributed by atoms with Crippen LogP contribution in [0.1, 0.15) is 39.0 Å². The predicted molar refractivity (Wildman–Crippen MR) is 61.3 cm³/mol. The predicted octanol–water partition coefficient (Wildman–Crippen LogP) is 1.50. The van der Waals surface area contributed by atoms with Crippen molar-refractivity contribution in [1.82, 2.24) is 4.90 Å². The fraction of sp³-hybridized carbons (Fsp3) is 0.846.